The second-order valence-electron chi connectivity index (χ2n) is 4.19. The van der Waals surface area contributed by atoms with Crippen LogP contribution >= 0.6 is 0 Å². The topological polar surface area (TPSA) is 53.7 Å². The lowest BCUT2D eigenvalue weighted by Gasteiger charge is -2.37. The van der Waals surface area contributed by atoms with E-state index < -0.39 is 11.6 Å². The van der Waals surface area contributed by atoms with Crippen molar-refractivity contribution in [3.8, 4) is 5.75 Å². The van der Waals surface area contributed by atoms with E-state index in [2.05, 4.69) is 0 Å². The molecule has 4 nitrogen and oxygen atoms in total. The minimum Gasteiger partial charge on any atom is -0.494 e. The molecule has 0 bridgehead atoms. The summed E-state index contributed by atoms with van der Waals surface area (Å²) >= 11 is 0. The van der Waals surface area contributed by atoms with Crippen LogP contribution in [0.3, 0.4) is 0 Å². The molecule has 1 aromatic carbocycles. The molecule has 100 valence electrons. The van der Waals surface area contributed by atoms with Gasteiger partial charge in [0.2, 0.25) is 0 Å². The van der Waals surface area contributed by atoms with Crippen molar-refractivity contribution in [1.29, 1.82) is 0 Å². The molecule has 1 aliphatic heterocycles. The van der Waals surface area contributed by atoms with E-state index in [0.717, 1.165) is 6.42 Å². The average Bonchev–Trinajstić information content (AvgIpc) is 2.40. The molecule has 0 spiro atoms. The highest BCUT2D eigenvalue weighted by Gasteiger charge is 2.36. The van der Waals surface area contributed by atoms with Gasteiger partial charge >= 0.3 is 0 Å². The van der Waals surface area contributed by atoms with Crippen LogP contribution in [0.2, 0.25) is 0 Å². The summed E-state index contributed by atoms with van der Waals surface area (Å²) in [5.74, 6) is -1.14. The number of halogens is 1. The van der Waals surface area contributed by atoms with Crippen LogP contribution in [0.15, 0.2) is 18.2 Å². The SMILES string of the molecule is COc1ccc(C2(CCN)OCCCO2)cc1F. The van der Waals surface area contributed by atoms with Crippen LogP contribution in [-0.2, 0) is 15.3 Å². The van der Waals surface area contributed by atoms with Gasteiger partial charge in [0.15, 0.2) is 17.4 Å². The van der Waals surface area contributed by atoms with Crippen LogP contribution in [0.4, 0.5) is 4.39 Å². The van der Waals surface area contributed by atoms with E-state index in [4.69, 9.17) is 19.9 Å². The lowest BCUT2D eigenvalue weighted by molar-refractivity contribution is -0.278. The zero-order valence-corrected chi connectivity index (χ0v) is 10.4. The fourth-order valence-corrected chi connectivity index (χ4v) is 2.12. The summed E-state index contributed by atoms with van der Waals surface area (Å²) in [4.78, 5) is 0. The predicted octanol–water partition coefficient (Wildman–Crippen LogP) is 1.77. The lowest BCUT2D eigenvalue weighted by atomic mass is 10.0. The maximum absolute atomic E-state index is 13.7. The minimum atomic E-state index is -0.917. The number of nitrogens with two attached hydrogens (primary N) is 1. The number of ether oxygens (including phenoxy) is 3. The van der Waals surface area contributed by atoms with Gasteiger partial charge in [-0.1, -0.05) is 0 Å². The highest BCUT2D eigenvalue weighted by atomic mass is 19.1. The Balaban J connectivity index is 2.33. The smallest absolute Gasteiger partial charge is 0.196 e. The fourth-order valence-electron chi connectivity index (χ4n) is 2.12. The summed E-state index contributed by atoms with van der Waals surface area (Å²) in [7, 11) is 1.43. The van der Waals surface area contributed by atoms with Gasteiger partial charge in [-0.15, -0.1) is 0 Å². The Morgan fingerprint density at radius 2 is 2.11 bits per heavy atom. The summed E-state index contributed by atoms with van der Waals surface area (Å²) in [6.45, 7) is 1.59. The van der Waals surface area contributed by atoms with Crippen LogP contribution in [-0.4, -0.2) is 26.9 Å². The number of benzene rings is 1. The number of hydrogen-bond donors (Lipinski definition) is 1. The highest BCUT2D eigenvalue weighted by Crippen LogP contribution is 2.35. The van der Waals surface area contributed by atoms with Crippen molar-refractivity contribution in [2.75, 3.05) is 26.9 Å². The van der Waals surface area contributed by atoms with Crippen molar-refractivity contribution in [1.82, 2.24) is 0 Å². The van der Waals surface area contributed by atoms with E-state index in [1.54, 1.807) is 12.1 Å². The maximum Gasteiger partial charge on any atom is 0.196 e. The van der Waals surface area contributed by atoms with Gasteiger partial charge in [-0.3, -0.25) is 0 Å². The molecular weight excluding hydrogens is 237 g/mol. The second kappa shape index (κ2) is 5.65. The van der Waals surface area contributed by atoms with Crippen molar-refractivity contribution in [3.05, 3.63) is 29.6 Å². The van der Waals surface area contributed by atoms with Crippen LogP contribution < -0.4 is 10.5 Å². The Hall–Kier alpha value is -1.17. The van der Waals surface area contributed by atoms with Gasteiger partial charge in [-0.2, -0.15) is 0 Å². The van der Waals surface area contributed by atoms with Gasteiger partial charge in [0, 0.05) is 12.0 Å². The Morgan fingerprint density at radius 1 is 1.39 bits per heavy atom. The first kappa shape index (κ1) is 13.3. The average molecular weight is 255 g/mol. The van der Waals surface area contributed by atoms with E-state index >= 15 is 0 Å². The zero-order valence-electron chi connectivity index (χ0n) is 10.4. The molecule has 0 atom stereocenters. The van der Waals surface area contributed by atoms with E-state index in [0.29, 0.717) is 31.7 Å². The molecular formula is C13H18FNO3. The number of hydrogen-bond acceptors (Lipinski definition) is 4. The first-order chi connectivity index (χ1) is 8.72. The Labute approximate surface area is 106 Å². The van der Waals surface area contributed by atoms with E-state index in [-0.39, 0.29) is 5.75 Å². The molecule has 0 amide bonds. The molecule has 1 saturated heterocycles. The molecule has 1 aliphatic rings. The van der Waals surface area contributed by atoms with E-state index in [9.17, 15) is 4.39 Å². The van der Waals surface area contributed by atoms with E-state index in [1.807, 2.05) is 0 Å². The monoisotopic (exact) mass is 255 g/mol. The minimum absolute atomic E-state index is 0.206. The summed E-state index contributed by atoms with van der Waals surface area (Å²) in [6, 6.07) is 4.72. The molecule has 18 heavy (non-hydrogen) atoms. The largest absolute Gasteiger partial charge is 0.494 e. The summed E-state index contributed by atoms with van der Waals surface area (Å²) in [5.41, 5.74) is 6.24. The molecule has 0 saturated carbocycles. The van der Waals surface area contributed by atoms with Gasteiger partial charge in [-0.25, -0.2) is 4.39 Å². The first-order valence-electron chi connectivity index (χ1n) is 6.04. The Bertz CT molecular complexity index is 400. The van der Waals surface area contributed by atoms with Crippen LogP contribution in [0.5, 0.6) is 5.75 Å². The zero-order chi connectivity index (χ0) is 13.0. The molecule has 1 heterocycles. The first-order valence-corrected chi connectivity index (χ1v) is 6.04. The molecule has 1 fully saturated rings. The standard InChI is InChI=1S/C13H18FNO3/c1-16-12-4-3-10(9-11(12)14)13(5-6-15)17-7-2-8-18-13/h3-4,9H,2,5-8,15H2,1H3. The normalized spacial score (nSPS) is 18.6. The third kappa shape index (κ3) is 2.48. The van der Waals surface area contributed by atoms with Crippen molar-refractivity contribution in [2.24, 2.45) is 5.73 Å². The molecule has 2 N–H and O–H groups in total. The van der Waals surface area contributed by atoms with Crippen molar-refractivity contribution in [3.63, 3.8) is 0 Å². The van der Waals surface area contributed by atoms with Crippen LogP contribution in [0.25, 0.3) is 0 Å². The molecule has 5 heteroatoms. The van der Waals surface area contributed by atoms with Crippen molar-refractivity contribution >= 4 is 0 Å². The number of rotatable bonds is 4. The molecule has 0 aromatic heterocycles. The number of methoxy groups -OCH3 is 1. The third-order valence-corrected chi connectivity index (χ3v) is 3.02. The summed E-state index contributed by atoms with van der Waals surface area (Å²) < 4.78 is 30.1. The molecule has 0 aliphatic carbocycles. The predicted molar refractivity (Wildman–Crippen MR) is 64.8 cm³/mol. The quantitative estimate of drug-likeness (QED) is 0.891. The highest BCUT2D eigenvalue weighted by molar-refractivity contribution is 5.32. The molecule has 1 aromatic rings. The second-order valence-corrected chi connectivity index (χ2v) is 4.19. The Kier molecular flexibility index (Phi) is 4.16. The van der Waals surface area contributed by atoms with Crippen LogP contribution in [0, 0.1) is 5.82 Å². The molecule has 2 rings (SSSR count). The molecule has 0 unspecified atom stereocenters. The van der Waals surface area contributed by atoms with Crippen molar-refractivity contribution < 1.29 is 18.6 Å². The van der Waals surface area contributed by atoms with Gasteiger partial charge in [-0.05, 0) is 31.2 Å². The van der Waals surface area contributed by atoms with Gasteiger partial charge in [0.25, 0.3) is 0 Å². The third-order valence-electron chi connectivity index (χ3n) is 3.02. The van der Waals surface area contributed by atoms with Gasteiger partial charge < -0.3 is 19.9 Å². The maximum atomic E-state index is 13.7. The van der Waals surface area contributed by atoms with Crippen LogP contribution in [0.1, 0.15) is 18.4 Å². The van der Waals surface area contributed by atoms with Gasteiger partial charge in [0.1, 0.15) is 0 Å². The molecule has 0 radical (unpaired) electrons. The van der Waals surface area contributed by atoms with Gasteiger partial charge in [0.05, 0.1) is 20.3 Å². The Morgan fingerprint density at radius 3 is 2.67 bits per heavy atom. The lowest BCUT2D eigenvalue weighted by Crippen LogP contribution is -2.39. The van der Waals surface area contributed by atoms with E-state index in [1.165, 1.54) is 13.2 Å². The summed E-state index contributed by atoms with van der Waals surface area (Å²) in [6.07, 6.45) is 1.34. The van der Waals surface area contributed by atoms with Crippen molar-refractivity contribution in [2.45, 2.75) is 18.6 Å². The summed E-state index contributed by atoms with van der Waals surface area (Å²) in [5, 5.41) is 0. The fraction of sp³-hybridized carbons (Fsp3) is 0.538.